The molecule has 0 aliphatic carbocycles. The zero-order valence-corrected chi connectivity index (χ0v) is 11.8. The summed E-state index contributed by atoms with van der Waals surface area (Å²) in [7, 11) is -2.30. The molecule has 0 saturated carbocycles. The molecule has 3 nitrogen and oxygen atoms in total. The van der Waals surface area contributed by atoms with Crippen molar-refractivity contribution in [3.63, 3.8) is 0 Å². The van der Waals surface area contributed by atoms with Crippen molar-refractivity contribution < 1.29 is 13.3 Å². The number of rotatable bonds is 8. The molecule has 0 N–H and O–H groups in total. The highest BCUT2D eigenvalue weighted by Crippen LogP contribution is 2.17. The predicted molar refractivity (Wildman–Crippen MR) is 61.5 cm³/mol. The lowest BCUT2D eigenvalue weighted by Crippen LogP contribution is -2.45. The zero-order valence-electron chi connectivity index (χ0n) is 9.76. The molecule has 0 aromatic heterocycles. The second-order valence-corrected chi connectivity index (χ2v) is 5.46. The molecule has 84 valence electrons. The molecule has 0 fully saturated rings. The summed E-state index contributed by atoms with van der Waals surface area (Å²) < 4.78 is 16.9. The topological polar surface area (TPSA) is 27.7 Å². The van der Waals surface area contributed by atoms with Crippen molar-refractivity contribution in [1.82, 2.24) is 0 Å². The summed E-state index contributed by atoms with van der Waals surface area (Å²) in [5, 5.41) is 0. The van der Waals surface area contributed by atoms with Crippen LogP contribution in [0.4, 0.5) is 0 Å². The highest BCUT2D eigenvalue weighted by atomic mass is 28.4. The molecule has 4 radical (unpaired) electrons. The Labute approximate surface area is 93.5 Å². The lowest BCUT2D eigenvalue weighted by molar-refractivity contribution is 0.0712. The fraction of sp³-hybridized carbons (Fsp3) is 1.00. The summed E-state index contributed by atoms with van der Waals surface area (Å²) in [6, 6.07) is 0.919. The van der Waals surface area contributed by atoms with E-state index >= 15 is 0 Å². The summed E-state index contributed by atoms with van der Waals surface area (Å²) in [5.74, 6) is 0. The van der Waals surface area contributed by atoms with Crippen LogP contribution in [-0.2, 0) is 13.3 Å². The Morgan fingerprint density at radius 2 is 1.14 bits per heavy atom. The Morgan fingerprint density at radius 3 is 1.36 bits per heavy atom. The Hall–Kier alpha value is 0.314. The van der Waals surface area contributed by atoms with Gasteiger partial charge >= 0.3 is 8.80 Å². The third kappa shape index (κ3) is 5.92. The molecule has 0 rings (SSSR count). The predicted octanol–water partition coefficient (Wildman–Crippen LogP) is 2.06. The highest BCUT2D eigenvalue weighted by molar-refractivity contribution is 6.60. The van der Waals surface area contributed by atoms with Gasteiger partial charge in [0.15, 0.2) is 0 Å². The quantitative estimate of drug-likeness (QED) is 0.602. The van der Waals surface area contributed by atoms with Gasteiger partial charge in [-0.15, -0.1) is 0 Å². The molecule has 0 spiro atoms. The maximum absolute atomic E-state index is 5.65. The number of hydrogen-bond acceptors (Lipinski definition) is 3. The smallest absolute Gasteiger partial charge is 0.374 e. The molecule has 0 heterocycles. The minimum Gasteiger partial charge on any atom is -0.374 e. The lowest BCUT2D eigenvalue weighted by Gasteiger charge is -2.27. The van der Waals surface area contributed by atoms with Crippen molar-refractivity contribution in [2.24, 2.45) is 0 Å². The van der Waals surface area contributed by atoms with Crippen LogP contribution in [0, 0.1) is 0 Å². The fourth-order valence-corrected chi connectivity index (χ4v) is 3.92. The van der Waals surface area contributed by atoms with Crippen LogP contribution in [0.3, 0.4) is 0 Å². The van der Waals surface area contributed by atoms with Gasteiger partial charge in [-0.3, -0.25) is 0 Å². The van der Waals surface area contributed by atoms with E-state index in [1.807, 2.05) is 20.8 Å². The van der Waals surface area contributed by atoms with Gasteiger partial charge in [0.2, 0.25) is 0 Å². The van der Waals surface area contributed by atoms with Crippen LogP contribution in [0.25, 0.3) is 0 Å². The molecule has 0 unspecified atom stereocenters. The molecule has 14 heavy (non-hydrogen) atoms. The summed E-state index contributed by atoms with van der Waals surface area (Å²) in [4.78, 5) is 0. The van der Waals surface area contributed by atoms with E-state index in [2.05, 4.69) is 6.92 Å². The van der Waals surface area contributed by atoms with Crippen LogP contribution in [0.15, 0.2) is 0 Å². The van der Waals surface area contributed by atoms with Crippen LogP contribution in [-0.4, -0.2) is 39.6 Å². The van der Waals surface area contributed by atoms with E-state index in [4.69, 9.17) is 13.3 Å². The Bertz CT molecular complexity index is 93.1. The molecule has 0 aliphatic rings. The summed E-state index contributed by atoms with van der Waals surface area (Å²) in [6.45, 7) is 10.1. The summed E-state index contributed by atoms with van der Waals surface area (Å²) in [5.41, 5.74) is 0. The third-order valence-corrected chi connectivity index (χ3v) is 4.95. The molecule has 0 amide bonds. The second kappa shape index (κ2) is 9.85. The lowest BCUT2D eigenvalue weighted by atomic mass is 10.6. The SMILES string of the molecule is CCC[Si](OCC)(OCC)OCC.[Si]. The van der Waals surface area contributed by atoms with Crippen molar-refractivity contribution in [1.29, 1.82) is 0 Å². The van der Waals surface area contributed by atoms with Crippen LogP contribution in [0.1, 0.15) is 34.1 Å². The van der Waals surface area contributed by atoms with E-state index in [1.54, 1.807) is 0 Å². The Morgan fingerprint density at radius 1 is 0.786 bits per heavy atom. The van der Waals surface area contributed by atoms with E-state index in [1.165, 1.54) is 0 Å². The van der Waals surface area contributed by atoms with Gasteiger partial charge in [-0.25, -0.2) is 0 Å². The van der Waals surface area contributed by atoms with E-state index in [0.29, 0.717) is 19.8 Å². The normalized spacial score (nSPS) is 11.1. The first-order chi connectivity index (χ1) is 6.24. The first-order valence-corrected chi connectivity index (χ1v) is 7.09. The van der Waals surface area contributed by atoms with Crippen molar-refractivity contribution >= 4 is 19.8 Å². The summed E-state index contributed by atoms with van der Waals surface area (Å²) >= 11 is 0. The molecule has 0 aromatic carbocycles. The highest BCUT2D eigenvalue weighted by Gasteiger charge is 2.38. The van der Waals surface area contributed by atoms with Gasteiger partial charge in [0.1, 0.15) is 0 Å². The first-order valence-electron chi connectivity index (χ1n) is 5.16. The van der Waals surface area contributed by atoms with Gasteiger partial charge in [-0.2, -0.15) is 0 Å². The largest absolute Gasteiger partial charge is 0.500 e. The maximum atomic E-state index is 5.65. The average Bonchev–Trinajstić information content (AvgIpc) is 2.06. The minimum atomic E-state index is -2.30. The van der Waals surface area contributed by atoms with Crippen LogP contribution in [0.2, 0.25) is 6.04 Å². The first kappa shape index (κ1) is 16.7. The van der Waals surface area contributed by atoms with Crippen molar-refractivity contribution in [2.75, 3.05) is 19.8 Å². The fourth-order valence-electron chi connectivity index (χ4n) is 1.31. The molecular formula is C9H22O3Si2. The Balaban J connectivity index is 0. The van der Waals surface area contributed by atoms with E-state index in [0.717, 1.165) is 12.5 Å². The molecule has 5 heteroatoms. The van der Waals surface area contributed by atoms with Crippen LogP contribution >= 0.6 is 0 Å². The third-order valence-electron chi connectivity index (χ3n) is 1.65. The monoisotopic (exact) mass is 234 g/mol. The molecule has 0 aliphatic heterocycles. The van der Waals surface area contributed by atoms with E-state index in [9.17, 15) is 0 Å². The van der Waals surface area contributed by atoms with Gasteiger partial charge in [0.25, 0.3) is 0 Å². The zero-order chi connectivity index (χ0) is 10.2. The van der Waals surface area contributed by atoms with Crippen LogP contribution in [0.5, 0.6) is 0 Å². The average molecular weight is 234 g/mol. The van der Waals surface area contributed by atoms with E-state index in [-0.39, 0.29) is 11.0 Å². The van der Waals surface area contributed by atoms with Gasteiger partial charge in [-0.1, -0.05) is 13.3 Å². The molecule has 0 bridgehead atoms. The molecule has 0 atom stereocenters. The standard InChI is InChI=1S/C9H22O3Si.Si/c1-5-9-13(10-6-2,11-7-3)12-8-4;/h5-9H2,1-4H3;. The van der Waals surface area contributed by atoms with Gasteiger partial charge < -0.3 is 13.3 Å². The minimum absolute atomic E-state index is 0. The van der Waals surface area contributed by atoms with Gasteiger partial charge in [0.05, 0.1) is 0 Å². The maximum Gasteiger partial charge on any atom is 0.500 e. The summed E-state index contributed by atoms with van der Waals surface area (Å²) in [6.07, 6.45) is 1.05. The van der Waals surface area contributed by atoms with Crippen LogP contribution < -0.4 is 0 Å². The Kier molecular flexibility index (Phi) is 11.8. The molecule has 0 aromatic rings. The van der Waals surface area contributed by atoms with Crippen molar-refractivity contribution in [3.8, 4) is 0 Å². The van der Waals surface area contributed by atoms with Crippen molar-refractivity contribution in [3.05, 3.63) is 0 Å². The molecular weight excluding hydrogens is 212 g/mol. The molecule has 0 saturated heterocycles. The van der Waals surface area contributed by atoms with Gasteiger partial charge in [0, 0.05) is 36.8 Å². The number of hydrogen-bond donors (Lipinski definition) is 0. The second-order valence-electron chi connectivity index (χ2n) is 2.73. The van der Waals surface area contributed by atoms with Crippen molar-refractivity contribution in [2.45, 2.75) is 40.2 Å². The van der Waals surface area contributed by atoms with E-state index < -0.39 is 8.80 Å². The van der Waals surface area contributed by atoms with Gasteiger partial charge in [-0.05, 0) is 20.8 Å².